The van der Waals surface area contributed by atoms with Crippen LogP contribution in [0.4, 0.5) is 0 Å². The van der Waals surface area contributed by atoms with Crippen molar-refractivity contribution in [2.75, 3.05) is 5.75 Å². The smallest absolute Gasteiger partial charge is 0.306 e. The number of nitrogens with one attached hydrogen (secondary N) is 1. The second-order valence-electron chi connectivity index (χ2n) is 7.10. The molecule has 4 aromatic heterocycles. The number of H-pyrrole nitrogens is 1. The minimum absolute atomic E-state index is 0.0910. The van der Waals surface area contributed by atoms with Crippen LogP contribution in [-0.2, 0) is 6.54 Å². The third kappa shape index (κ3) is 4.02. The van der Waals surface area contributed by atoms with Crippen LogP contribution >= 0.6 is 34.4 Å². The predicted octanol–water partition coefficient (Wildman–Crippen LogP) is 6.24. The summed E-state index contributed by atoms with van der Waals surface area (Å²) in [7, 11) is 0. The van der Waals surface area contributed by atoms with Crippen LogP contribution in [0.15, 0.2) is 75.2 Å². The van der Waals surface area contributed by atoms with E-state index in [1.54, 1.807) is 39.0 Å². The second kappa shape index (κ2) is 9.17. The highest BCUT2D eigenvalue weighted by Gasteiger charge is 2.17. The average molecular weight is 475 g/mol. The molecule has 0 saturated carbocycles. The monoisotopic (exact) mass is 474 g/mol. The van der Waals surface area contributed by atoms with Crippen LogP contribution in [0.1, 0.15) is 12.0 Å². The van der Waals surface area contributed by atoms with Crippen molar-refractivity contribution < 1.29 is 0 Å². The van der Waals surface area contributed by atoms with Crippen LogP contribution in [0.2, 0.25) is 0 Å². The van der Waals surface area contributed by atoms with Crippen LogP contribution < -0.4 is 5.69 Å². The Morgan fingerprint density at radius 1 is 1.06 bits per heavy atom. The summed E-state index contributed by atoms with van der Waals surface area (Å²) in [5, 5.41) is 14.7. The maximum Gasteiger partial charge on any atom is 0.326 e. The maximum absolute atomic E-state index is 12.3. The Morgan fingerprint density at radius 3 is 2.59 bits per heavy atom. The minimum Gasteiger partial charge on any atom is -0.306 e. The van der Waals surface area contributed by atoms with Gasteiger partial charge in [0.25, 0.3) is 0 Å². The van der Waals surface area contributed by atoms with Crippen LogP contribution in [0.3, 0.4) is 0 Å². The lowest BCUT2D eigenvalue weighted by Gasteiger charge is -2.11. The third-order valence-electron chi connectivity index (χ3n) is 5.10. The summed E-state index contributed by atoms with van der Waals surface area (Å²) < 4.78 is 1.77. The first-order valence-corrected chi connectivity index (χ1v) is 12.8. The van der Waals surface area contributed by atoms with Crippen LogP contribution in [0.25, 0.3) is 32.0 Å². The second-order valence-corrected chi connectivity index (χ2v) is 10.1. The number of nitriles is 1. The van der Waals surface area contributed by atoms with Crippen molar-refractivity contribution in [2.45, 2.75) is 18.0 Å². The standard InChI is InChI=1S/C24H18N4OS3/c25-15-17-16(21-8-3-11-30-21)14-19(22-9-4-12-31-22)26-23(17)32-13-5-10-28-20-7-2-1-6-18(20)27-24(28)29/h1-4,6-9,11-12,14H,5,10,13H2,(H,27,29). The van der Waals surface area contributed by atoms with Gasteiger partial charge in [0.15, 0.2) is 0 Å². The fourth-order valence-corrected chi connectivity index (χ4v) is 6.00. The summed E-state index contributed by atoms with van der Waals surface area (Å²) in [6.45, 7) is 0.611. The molecule has 0 fully saturated rings. The van der Waals surface area contributed by atoms with E-state index in [1.165, 1.54) is 0 Å². The molecule has 0 aliphatic carbocycles. The number of thioether (sulfide) groups is 1. The number of fused-ring (bicyclic) bond motifs is 1. The van der Waals surface area contributed by atoms with Gasteiger partial charge in [0, 0.05) is 22.7 Å². The molecule has 0 unspecified atom stereocenters. The van der Waals surface area contributed by atoms with Crippen LogP contribution in [0.5, 0.6) is 0 Å². The molecule has 32 heavy (non-hydrogen) atoms. The number of benzene rings is 1. The molecule has 0 amide bonds. The first kappa shape index (κ1) is 20.8. The molecule has 4 heterocycles. The van der Waals surface area contributed by atoms with Gasteiger partial charge in [-0.3, -0.25) is 4.57 Å². The molecule has 158 valence electrons. The molecular weight excluding hydrogens is 456 g/mol. The maximum atomic E-state index is 12.3. The van der Waals surface area contributed by atoms with E-state index in [1.807, 2.05) is 59.3 Å². The van der Waals surface area contributed by atoms with Crippen molar-refractivity contribution in [1.82, 2.24) is 14.5 Å². The molecule has 0 spiro atoms. The molecule has 1 aromatic carbocycles. The SMILES string of the molecule is N#Cc1c(-c2cccs2)cc(-c2cccs2)nc1SCCCn1c(=O)[nH]c2ccccc21. The summed E-state index contributed by atoms with van der Waals surface area (Å²) in [6, 6.07) is 20.2. The minimum atomic E-state index is -0.0910. The highest BCUT2D eigenvalue weighted by molar-refractivity contribution is 7.99. The number of hydrogen-bond donors (Lipinski definition) is 1. The van der Waals surface area contributed by atoms with Gasteiger partial charge in [-0.15, -0.1) is 34.4 Å². The van der Waals surface area contributed by atoms with Gasteiger partial charge >= 0.3 is 5.69 Å². The van der Waals surface area contributed by atoms with E-state index in [2.05, 4.69) is 17.1 Å². The quantitative estimate of drug-likeness (QED) is 0.224. The van der Waals surface area contributed by atoms with Crippen LogP contribution in [0, 0.1) is 11.3 Å². The Labute approximate surface area is 197 Å². The number of para-hydroxylation sites is 2. The number of aromatic amines is 1. The van der Waals surface area contributed by atoms with E-state index in [9.17, 15) is 10.1 Å². The summed E-state index contributed by atoms with van der Waals surface area (Å²) in [6.07, 6.45) is 0.788. The average Bonchev–Trinajstić information content (AvgIpc) is 3.58. The van der Waals surface area contributed by atoms with E-state index in [0.29, 0.717) is 12.1 Å². The molecule has 0 saturated heterocycles. The number of aryl methyl sites for hydroxylation is 1. The molecule has 5 aromatic rings. The van der Waals surface area contributed by atoms with Gasteiger partial charge in [-0.25, -0.2) is 9.78 Å². The van der Waals surface area contributed by atoms with Gasteiger partial charge in [-0.1, -0.05) is 24.3 Å². The molecule has 5 rings (SSSR count). The van der Waals surface area contributed by atoms with Crippen molar-refractivity contribution in [3.8, 4) is 27.1 Å². The van der Waals surface area contributed by atoms with E-state index in [4.69, 9.17) is 4.98 Å². The van der Waals surface area contributed by atoms with Gasteiger partial charge in [0.05, 0.1) is 27.2 Å². The molecule has 0 atom stereocenters. The Morgan fingerprint density at radius 2 is 1.84 bits per heavy atom. The molecule has 5 nitrogen and oxygen atoms in total. The van der Waals surface area contributed by atoms with E-state index in [-0.39, 0.29) is 5.69 Å². The number of thiophene rings is 2. The number of aromatic nitrogens is 3. The molecule has 0 bridgehead atoms. The number of rotatable bonds is 7. The third-order valence-corrected chi connectivity index (χ3v) is 7.96. The topological polar surface area (TPSA) is 74.5 Å². The molecule has 0 radical (unpaired) electrons. The van der Waals surface area contributed by atoms with Crippen molar-refractivity contribution >= 4 is 45.5 Å². The summed E-state index contributed by atoms with van der Waals surface area (Å²) in [5.41, 5.74) is 4.10. The molecular formula is C24H18N4OS3. The highest BCUT2D eigenvalue weighted by Crippen LogP contribution is 2.37. The van der Waals surface area contributed by atoms with Gasteiger partial charge in [0.2, 0.25) is 0 Å². The first-order chi connectivity index (χ1) is 15.7. The highest BCUT2D eigenvalue weighted by atomic mass is 32.2. The lowest BCUT2D eigenvalue weighted by atomic mass is 10.1. The zero-order valence-electron chi connectivity index (χ0n) is 16.9. The van der Waals surface area contributed by atoms with E-state index in [0.717, 1.165) is 49.2 Å². The lowest BCUT2D eigenvalue weighted by Crippen LogP contribution is -2.17. The fourth-order valence-electron chi connectivity index (χ4n) is 3.63. The van der Waals surface area contributed by atoms with E-state index < -0.39 is 0 Å². The van der Waals surface area contributed by atoms with E-state index >= 15 is 0 Å². The number of pyridine rings is 1. The molecule has 0 aliphatic rings. The van der Waals surface area contributed by atoms with Crippen molar-refractivity contribution in [3.05, 3.63) is 81.4 Å². The number of nitrogens with zero attached hydrogens (tertiary/aromatic N) is 3. The molecule has 0 aliphatic heterocycles. The van der Waals surface area contributed by atoms with Crippen LogP contribution in [-0.4, -0.2) is 20.3 Å². The zero-order chi connectivity index (χ0) is 21.9. The van der Waals surface area contributed by atoms with Crippen molar-refractivity contribution in [1.29, 1.82) is 5.26 Å². The Kier molecular flexibility index (Phi) is 5.95. The summed E-state index contributed by atoms with van der Waals surface area (Å²) in [4.78, 5) is 22.2. The van der Waals surface area contributed by atoms with Gasteiger partial charge < -0.3 is 4.98 Å². The Hall–Kier alpha value is -3.12. The molecule has 1 N–H and O–H groups in total. The van der Waals surface area contributed by atoms with Crippen molar-refractivity contribution in [3.63, 3.8) is 0 Å². The first-order valence-electron chi connectivity index (χ1n) is 10.1. The number of imidazole rings is 1. The number of hydrogen-bond acceptors (Lipinski definition) is 6. The van der Waals surface area contributed by atoms with Gasteiger partial charge in [0.1, 0.15) is 11.1 Å². The fraction of sp³-hybridized carbons (Fsp3) is 0.125. The van der Waals surface area contributed by atoms with Gasteiger partial charge in [-0.2, -0.15) is 5.26 Å². The van der Waals surface area contributed by atoms with Gasteiger partial charge in [-0.05, 0) is 47.5 Å². The normalized spacial score (nSPS) is 11.1. The lowest BCUT2D eigenvalue weighted by molar-refractivity contribution is 0.679. The van der Waals surface area contributed by atoms with Crippen molar-refractivity contribution in [2.24, 2.45) is 0 Å². The summed E-state index contributed by atoms with van der Waals surface area (Å²) >= 11 is 4.84. The Bertz CT molecular complexity index is 1460. The summed E-state index contributed by atoms with van der Waals surface area (Å²) in [5.74, 6) is 0.755. The zero-order valence-corrected chi connectivity index (χ0v) is 19.4. The Balaban J connectivity index is 1.41. The predicted molar refractivity (Wildman–Crippen MR) is 133 cm³/mol. The largest absolute Gasteiger partial charge is 0.326 e. The molecule has 8 heteroatoms.